The molecule has 1 aliphatic carbocycles. The minimum Gasteiger partial charge on any atom is -0.356 e. The number of halogens is 1. The molecular weight excluding hydrogens is 246 g/mol. The number of carbonyl (C=O) groups is 1. The van der Waals surface area contributed by atoms with Crippen molar-refractivity contribution in [1.29, 1.82) is 0 Å². The summed E-state index contributed by atoms with van der Waals surface area (Å²) < 4.78 is 0. The van der Waals surface area contributed by atoms with Crippen molar-refractivity contribution < 1.29 is 4.79 Å². The number of carbonyl (C=O) groups excluding carboxylic acids is 1. The molecule has 18 heavy (non-hydrogen) atoms. The molecule has 1 aromatic carbocycles. The fraction of sp³-hybridized carbons (Fsp3) is 0.533. The van der Waals surface area contributed by atoms with Crippen LogP contribution >= 0.6 is 11.6 Å². The topological polar surface area (TPSA) is 29.1 Å². The van der Waals surface area contributed by atoms with E-state index in [2.05, 4.69) is 5.32 Å². The van der Waals surface area contributed by atoms with Crippen molar-refractivity contribution in [1.82, 2.24) is 5.32 Å². The number of hydrogen-bond acceptors (Lipinski definition) is 1. The second kappa shape index (κ2) is 6.79. The van der Waals surface area contributed by atoms with Crippen LogP contribution in [0.15, 0.2) is 24.3 Å². The Morgan fingerprint density at radius 2 is 2.11 bits per heavy atom. The normalized spacial score (nSPS) is 15.8. The summed E-state index contributed by atoms with van der Waals surface area (Å²) in [6.07, 6.45) is 6.50. The average molecular weight is 266 g/mol. The van der Waals surface area contributed by atoms with E-state index in [4.69, 9.17) is 11.6 Å². The summed E-state index contributed by atoms with van der Waals surface area (Å²) in [5.41, 5.74) is 1.12. The van der Waals surface area contributed by atoms with Crippen LogP contribution in [0.1, 0.15) is 37.7 Å². The highest BCUT2D eigenvalue weighted by atomic mass is 35.5. The predicted molar refractivity (Wildman–Crippen MR) is 74.7 cm³/mol. The molecule has 0 atom stereocenters. The van der Waals surface area contributed by atoms with Gasteiger partial charge in [0, 0.05) is 18.0 Å². The molecule has 3 heteroatoms. The summed E-state index contributed by atoms with van der Waals surface area (Å²) in [5.74, 6) is 0.863. The van der Waals surface area contributed by atoms with Gasteiger partial charge in [0.25, 0.3) is 0 Å². The summed E-state index contributed by atoms with van der Waals surface area (Å²) in [4.78, 5) is 11.7. The van der Waals surface area contributed by atoms with Gasteiger partial charge >= 0.3 is 0 Å². The van der Waals surface area contributed by atoms with Gasteiger partial charge in [-0.05, 0) is 42.9 Å². The molecule has 2 nitrogen and oxygen atoms in total. The van der Waals surface area contributed by atoms with E-state index in [-0.39, 0.29) is 5.91 Å². The standard InChI is InChI=1S/C15H20ClNO/c16-14-7-3-6-12(10-14)8-9-15(18)17-11-13-4-1-2-5-13/h3,6-7,10,13H,1-2,4-5,8-9,11H2,(H,17,18). The van der Waals surface area contributed by atoms with Crippen LogP contribution in [0.2, 0.25) is 5.02 Å². The van der Waals surface area contributed by atoms with Crippen LogP contribution in [-0.4, -0.2) is 12.5 Å². The van der Waals surface area contributed by atoms with Crippen molar-refractivity contribution in [2.45, 2.75) is 38.5 Å². The molecule has 98 valence electrons. The van der Waals surface area contributed by atoms with Gasteiger partial charge in [0.2, 0.25) is 5.91 Å². The molecule has 1 aromatic rings. The first-order chi connectivity index (χ1) is 8.74. The van der Waals surface area contributed by atoms with Crippen molar-refractivity contribution in [3.8, 4) is 0 Å². The Morgan fingerprint density at radius 1 is 1.33 bits per heavy atom. The van der Waals surface area contributed by atoms with Gasteiger partial charge < -0.3 is 5.32 Å². The van der Waals surface area contributed by atoms with Gasteiger partial charge in [0.15, 0.2) is 0 Å². The molecule has 1 fully saturated rings. The number of amides is 1. The third kappa shape index (κ3) is 4.34. The van der Waals surface area contributed by atoms with Crippen LogP contribution in [0, 0.1) is 5.92 Å². The van der Waals surface area contributed by atoms with Crippen molar-refractivity contribution in [2.24, 2.45) is 5.92 Å². The highest BCUT2D eigenvalue weighted by molar-refractivity contribution is 6.30. The Labute approximate surface area is 114 Å². The molecule has 0 aromatic heterocycles. The molecule has 2 rings (SSSR count). The Bertz CT molecular complexity index is 399. The predicted octanol–water partition coefficient (Wildman–Crippen LogP) is 3.58. The van der Waals surface area contributed by atoms with E-state index in [0.29, 0.717) is 12.3 Å². The smallest absolute Gasteiger partial charge is 0.220 e. The van der Waals surface area contributed by atoms with E-state index in [0.717, 1.165) is 23.6 Å². The quantitative estimate of drug-likeness (QED) is 0.866. The van der Waals surface area contributed by atoms with Gasteiger partial charge in [0.1, 0.15) is 0 Å². The van der Waals surface area contributed by atoms with Crippen LogP contribution in [0.25, 0.3) is 0 Å². The van der Waals surface area contributed by atoms with Crippen LogP contribution in [0.3, 0.4) is 0 Å². The van der Waals surface area contributed by atoms with Crippen LogP contribution < -0.4 is 5.32 Å². The number of hydrogen-bond donors (Lipinski definition) is 1. The maximum absolute atomic E-state index is 11.7. The Morgan fingerprint density at radius 3 is 2.83 bits per heavy atom. The van der Waals surface area contributed by atoms with Crippen molar-refractivity contribution in [3.05, 3.63) is 34.9 Å². The lowest BCUT2D eigenvalue weighted by Gasteiger charge is -2.10. The van der Waals surface area contributed by atoms with E-state index in [1.165, 1.54) is 25.7 Å². The molecule has 1 amide bonds. The van der Waals surface area contributed by atoms with E-state index in [9.17, 15) is 4.79 Å². The number of aryl methyl sites for hydroxylation is 1. The minimum absolute atomic E-state index is 0.155. The summed E-state index contributed by atoms with van der Waals surface area (Å²) in [7, 11) is 0. The van der Waals surface area contributed by atoms with Gasteiger partial charge in [-0.25, -0.2) is 0 Å². The number of benzene rings is 1. The van der Waals surface area contributed by atoms with Crippen molar-refractivity contribution in [3.63, 3.8) is 0 Å². The van der Waals surface area contributed by atoms with Crippen molar-refractivity contribution >= 4 is 17.5 Å². The van der Waals surface area contributed by atoms with Gasteiger partial charge in [-0.2, -0.15) is 0 Å². The van der Waals surface area contributed by atoms with Crippen molar-refractivity contribution in [2.75, 3.05) is 6.54 Å². The molecule has 0 unspecified atom stereocenters. The highest BCUT2D eigenvalue weighted by Gasteiger charge is 2.15. The summed E-state index contributed by atoms with van der Waals surface area (Å²) in [6.45, 7) is 0.856. The summed E-state index contributed by atoms with van der Waals surface area (Å²) in [6, 6.07) is 7.71. The van der Waals surface area contributed by atoms with E-state index in [1.54, 1.807) is 0 Å². The zero-order chi connectivity index (χ0) is 12.8. The van der Waals surface area contributed by atoms with Gasteiger partial charge in [-0.1, -0.05) is 36.6 Å². The fourth-order valence-corrected chi connectivity index (χ4v) is 2.72. The van der Waals surface area contributed by atoms with Crippen LogP contribution in [-0.2, 0) is 11.2 Å². The Kier molecular flexibility index (Phi) is 5.06. The first-order valence-corrected chi connectivity index (χ1v) is 7.13. The molecule has 1 saturated carbocycles. The van der Waals surface area contributed by atoms with Crippen LogP contribution in [0.5, 0.6) is 0 Å². The molecule has 1 aliphatic rings. The first-order valence-electron chi connectivity index (χ1n) is 6.75. The zero-order valence-electron chi connectivity index (χ0n) is 10.6. The summed E-state index contributed by atoms with van der Waals surface area (Å²) in [5, 5.41) is 3.77. The molecule has 1 N–H and O–H groups in total. The lowest BCUT2D eigenvalue weighted by molar-refractivity contribution is -0.121. The van der Waals surface area contributed by atoms with E-state index >= 15 is 0 Å². The maximum atomic E-state index is 11.7. The first kappa shape index (κ1) is 13.4. The average Bonchev–Trinajstić information content (AvgIpc) is 2.87. The molecule has 0 heterocycles. The van der Waals surface area contributed by atoms with Gasteiger partial charge in [-0.3, -0.25) is 4.79 Å². The second-order valence-corrected chi connectivity index (χ2v) is 5.52. The highest BCUT2D eigenvalue weighted by Crippen LogP contribution is 2.23. The molecule has 0 spiro atoms. The van der Waals surface area contributed by atoms with Gasteiger partial charge in [0.05, 0.1) is 0 Å². The summed E-state index contributed by atoms with van der Waals surface area (Å²) >= 11 is 5.91. The lowest BCUT2D eigenvalue weighted by Crippen LogP contribution is -2.28. The molecule has 0 aliphatic heterocycles. The number of rotatable bonds is 5. The van der Waals surface area contributed by atoms with Crippen LogP contribution in [0.4, 0.5) is 0 Å². The Balaban J connectivity index is 1.68. The molecule has 0 bridgehead atoms. The third-order valence-corrected chi connectivity index (χ3v) is 3.83. The minimum atomic E-state index is 0.155. The fourth-order valence-electron chi connectivity index (χ4n) is 2.51. The SMILES string of the molecule is O=C(CCc1cccc(Cl)c1)NCC1CCCC1. The third-order valence-electron chi connectivity index (χ3n) is 3.59. The van der Waals surface area contributed by atoms with E-state index in [1.807, 2.05) is 24.3 Å². The Hall–Kier alpha value is -1.02. The van der Waals surface area contributed by atoms with E-state index < -0.39 is 0 Å². The van der Waals surface area contributed by atoms with Gasteiger partial charge in [-0.15, -0.1) is 0 Å². The number of nitrogens with one attached hydrogen (secondary N) is 1. The molecule has 0 saturated heterocycles. The zero-order valence-corrected chi connectivity index (χ0v) is 11.4. The largest absolute Gasteiger partial charge is 0.356 e. The molecule has 0 radical (unpaired) electrons. The lowest BCUT2D eigenvalue weighted by atomic mass is 10.1. The monoisotopic (exact) mass is 265 g/mol. The molecular formula is C15H20ClNO. The second-order valence-electron chi connectivity index (χ2n) is 5.08. The maximum Gasteiger partial charge on any atom is 0.220 e.